The molecule has 1 aromatic heterocycles. The van der Waals surface area contributed by atoms with Crippen molar-refractivity contribution in [3.05, 3.63) is 57.8 Å². The Kier molecular flexibility index (Phi) is 5.29. The van der Waals surface area contributed by atoms with Gasteiger partial charge in [0.25, 0.3) is 0 Å². The number of halogens is 1. The van der Waals surface area contributed by atoms with E-state index in [2.05, 4.69) is 10.6 Å². The Morgan fingerprint density at radius 2 is 2.15 bits per heavy atom. The minimum Gasteiger partial charge on any atom is -0.332 e. The normalized spacial score (nSPS) is 10.4. The zero-order chi connectivity index (χ0) is 14.4. The van der Waals surface area contributed by atoms with E-state index in [0.29, 0.717) is 5.02 Å². The highest BCUT2D eigenvalue weighted by molar-refractivity contribution is 7.80. The second kappa shape index (κ2) is 7.19. The van der Waals surface area contributed by atoms with Crippen LogP contribution >= 0.6 is 35.2 Å². The smallest absolute Gasteiger partial charge is 0.250 e. The molecule has 3 nitrogen and oxygen atoms in total. The van der Waals surface area contributed by atoms with E-state index in [0.717, 1.165) is 10.6 Å². The minimum atomic E-state index is -0.280. The first-order chi connectivity index (χ1) is 9.63. The van der Waals surface area contributed by atoms with Gasteiger partial charge in [-0.1, -0.05) is 23.7 Å². The Labute approximate surface area is 131 Å². The number of thiocarbonyl (C=S) groups is 1. The lowest BCUT2D eigenvalue weighted by molar-refractivity contribution is -0.115. The van der Waals surface area contributed by atoms with Crippen LogP contribution in [0, 0.1) is 0 Å². The monoisotopic (exact) mass is 322 g/mol. The molecular weight excluding hydrogens is 312 g/mol. The van der Waals surface area contributed by atoms with Crippen molar-refractivity contribution in [3.63, 3.8) is 0 Å². The van der Waals surface area contributed by atoms with Crippen molar-refractivity contribution < 1.29 is 4.79 Å². The SMILES string of the molecule is O=C(/C=C/c1cccs1)NC(=S)Nc1cccc(Cl)c1. The first kappa shape index (κ1) is 14.7. The Bertz CT molecular complexity index is 638. The van der Waals surface area contributed by atoms with Crippen molar-refractivity contribution in [1.29, 1.82) is 0 Å². The van der Waals surface area contributed by atoms with Crippen LogP contribution in [0.2, 0.25) is 5.02 Å². The summed E-state index contributed by atoms with van der Waals surface area (Å²) in [6.07, 6.45) is 3.18. The largest absolute Gasteiger partial charge is 0.332 e. The van der Waals surface area contributed by atoms with Gasteiger partial charge in [0.1, 0.15) is 0 Å². The molecule has 2 rings (SSSR count). The predicted molar refractivity (Wildman–Crippen MR) is 89.2 cm³/mol. The molecule has 1 amide bonds. The lowest BCUT2D eigenvalue weighted by Gasteiger charge is -2.08. The van der Waals surface area contributed by atoms with E-state index >= 15 is 0 Å². The molecule has 1 heterocycles. The summed E-state index contributed by atoms with van der Waals surface area (Å²) in [5.74, 6) is -0.280. The van der Waals surface area contributed by atoms with E-state index in [1.165, 1.54) is 6.08 Å². The van der Waals surface area contributed by atoms with Gasteiger partial charge in [-0.25, -0.2) is 0 Å². The van der Waals surface area contributed by atoms with E-state index in [1.54, 1.807) is 35.6 Å². The topological polar surface area (TPSA) is 41.1 Å². The maximum absolute atomic E-state index is 11.7. The van der Waals surface area contributed by atoms with Gasteiger partial charge in [-0.05, 0) is 47.9 Å². The van der Waals surface area contributed by atoms with Gasteiger partial charge in [0, 0.05) is 21.7 Å². The van der Waals surface area contributed by atoms with Crippen LogP contribution < -0.4 is 10.6 Å². The fourth-order valence-electron chi connectivity index (χ4n) is 1.43. The highest BCUT2D eigenvalue weighted by Crippen LogP contribution is 2.14. The van der Waals surface area contributed by atoms with Gasteiger partial charge in [0.05, 0.1) is 0 Å². The summed E-state index contributed by atoms with van der Waals surface area (Å²) in [6, 6.07) is 10.9. The standard InChI is InChI=1S/C14H11ClN2OS2/c15-10-3-1-4-11(9-10)16-14(19)17-13(18)7-6-12-5-2-8-20-12/h1-9H,(H2,16,17,18,19)/b7-6+. The molecule has 102 valence electrons. The van der Waals surface area contributed by atoms with E-state index < -0.39 is 0 Å². The third-order valence-corrected chi connectivity index (χ3v) is 3.54. The van der Waals surface area contributed by atoms with Crippen LogP contribution in [0.25, 0.3) is 6.08 Å². The van der Waals surface area contributed by atoms with Gasteiger partial charge in [-0.3, -0.25) is 10.1 Å². The van der Waals surface area contributed by atoms with Gasteiger partial charge in [-0.15, -0.1) is 11.3 Å². The molecule has 0 fully saturated rings. The van der Waals surface area contributed by atoms with Crippen molar-refractivity contribution in [2.75, 3.05) is 5.32 Å². The number of hydrogen-bond acceptors (Lipinski definition) is 3. The van der Waals surface area contributed by atoms with Crippen molar-refractivity contribution in [3.8, 4) is 0 Å². The summed E-state index contributed by atoms with van der Waals surface area (Å²) >= 11 is 12.5. The van der Waals surface area contributed by atoms with E-state index in [9.17, 15) is 4.79 Å². The molecule has 0 atom stereocenters. The molecule has 0 saturated carbocycles. The lowest BCUT2D eigenvalue weighted by Crippen LogP contribution is -2.32. The zero-order valence-corrected chi connectivity index (χ0v) is 12.7. The predicted octanol–water partition coefficient (Wildman–Crippen LogP) is 3.93. The Morgan fingerprint density at radius 1 is 1.30 bits per heavy atom. The summed E-state index contributed by atoms with van der Waals surface area (Å²) in [6.45, 7) is 0. The second-order valence-electron chi connectivity index (χ2n) is 3.80. The van der Waals surface area contributed by atoms with Crippen LogP contribution in [-0.4, -0.2) is 11.0 Å². The first-order valence-corrected chi connectivity index (χ1v) is 7.39. The van der Waals surface area contributed by atoms with Crippen LogP contribution in [0.4, 0.5) is 5.69 Å². The molecule has 0 bridgehead atoms. The van der Waals surface area contributed by atoms with Crippen LogP contribution in [0.3, 0.4) is 0 Å². The van der Waals surface area contributed by atoms with Crippen molar-refractivity contribution in [1.82, 2.24) is 5.32 Å². The molecule has 0 unspecified atom stereocenters. The molecule has 0 aliphatic heterocycles. The number of hydrogen-bond donors (Lipinski definition) is 2. The number of thiophene rings is 1. The molecule has 2 N–H and O–H groups in total. The third-order valence-electron chi connectivity index (χ3n) is 2.26. The second-order valence-corrected chi connectivity index (χ2v) is 5.63. The molecule has 1 aromatic carbocycles. The summed E-state index contributed by atoms with van der Waals surface area (Å²) in [5.41, 5.74) is 0.727. The molecule has 0 saturated heterocycles. The number of amides is 1. The van der Waals surface area contributed by atoms with E-state index in [1.807, 2.05) is 23.6 Å². The quantitative estimate of drug-likeness (QED) is 0.664. The fourth-order valence-corrected chi connectivity index (χ4v) is 2.45. The van der Waals surface area contributed by atoms with Crippen LogP contribution in [-0.2, 0) is 4.79 Å². The number of nitrogens with one attached hydrogen (secondary N) is 2. The number of carbonyl (C=O) groups excluding carboxylic acids is 1. The van der Waals surface area contributed by atoms with Gasteiger partial charge in [0.2, 0.25) is 5.91 Å². The average Bonchev–Trinajstić information content (AvgIpc) is 2.89. The van der Waals surface area contributed by atoms with Crippen molar-refractivity contribution >= 4 is 57.9 Å². The van der Waals surface area contributed by atoms with E-state index in [-0.39, 0.29) is 11.0 Å². The number of rotatable bonds is 3. The summed E-state index contributed by atoms with van der Waals surface area (Å²) in [7, 11) is 0. The number of benzene rings is 1. The lowest BCUT2D eigenvalue weighted by atomic mass is 10.3. The van der Waals surface area contributed by atoms with Crippen LogP contribution in [0.5, 0.6) is 0 Å². The Balaban J connectivity index is 1.86. The zero-order valence-electron chi connectivity index (χ0n) is 10.3. The van der Waals surface area contributed by atoms with E-state index in [4.69, 9.17) is 23.8 Å². The molecule has 6 heteroatoms. The van der Waals surface area contributed by atoms with Crippen LogP contribution in [0.15, 0.2) is 47.9 Å². The fraction of sp³-hybridized carbons (Fsp3) is 0. The summed E-state index contributed by atoms with van der Waals surface area (Å²) in [5, 5.41) is 8.23. The van der Waals surface area contributed by atoms with Gasteiger partial charge < -0.3 is 5.32 Å². The molecule has 0 radical (unpaired) electrons. The van der Waals surface area contributed by atoms with Crippen LogP contribution in [0.1, 0.15) is 4.88 Å². The molecule has 0 spiro atoms. The highest BCUT2D eigenvalue weighted by Gasteiger charge is 2.02. The van der Waals surface area contributed by atoms with Crippen molar-refractivity contribution in [2.45, 2.75) is 0 Å². The maximum atomic E-state index is 11.7. The molecule has 0 aliphatic carbocycles. The highest BCUT2D eigenvalue weighted by atomic mass is 35.5. The summed E-state index contributed by atoms with van der Waals surface area (Å²) < 4.78 is 0. The Hall–Kier alpha value is -1.69. The van der Waals surface area contributed by atoms with Gasteiger partial charge in [-0.2, -0.15) is 0 Å². The van der Waals surface area contributed by atoms with Crippen molar-refractivity contribution in [2.24, 2.45) is 0 Å². The summed E-state index contributed by atoms with van der Waals surface area (Å²) in [4.78, 5) is 12.7. The average molecular weight is 323 g/mol. The van der Waals surface area contributed by atoms with Gasteiger partial charge >= 0.3 is 0 Å². The molecule has 2 aromatic rings. The third kappa shape index (κ3) is 4.77. The molecular formula is C14H11ClN2OS2. The maximum Gasteiger partial charge on any atom is 0.250 e. The first-order valence-electron chi connectivity index (χ1n) is 5.72. The van der Waals surface area contributed by atoms with Gasteiger partial charge in [0.15, 0.2) is 5.11 Å². The Morgan fingerprint density at radius 3 is 2.85 bits per heavy atom. The molecule has 20 heavy (non-hydrogen) atoms. The minimum absolute atomic E-state index is 0.230. The molecule has 0 aliphatic rings. The number of carbonyl (C=O) groups is 1. The number of anilines is 1.